The van der Waals surface area contributed by atoms with Crippen LogP contribution in [0, 0.1) is 11.8 Å². The summed E-state index contributed by atoms with van der Waals surface area (Å²) in [6.45, 7) is 10.7. The maximum atomic E-state index is 13.7. The van der Waals surface area contributed by atoms with E-state index in [4.69, 9.17) is 29.4 Å². The van der Waals surface area contributed by atoms with Gasteiger partial charge in [0.05, 0.1) is 50.1 Å². The Kier molecular flexibility index (Phi) is 11.2. The highest BCUT2D eigenvalue weighted by Crippen LogP contribution is 2.35. The quantitative estimate of drug-likeness (QED) is 0.103. The van der Waals surface area contributed by atoms with E-state index in [9.17, 15) is 14.4 Å². The number of H-pyrrole nitrogens is 2. The van der Waals surface area contributed by atoms with Crippen molar-refractivity contribution in [3.63, 3.8) is 0 Å². The molecule has 4 atom stereocenters. The fourth-order valence-corrected chi connectivity index (χ4v) is 8.20. The number of ether oxygens (including phenoxy) is 2. The molecule has 3 N–H and O–H groups in total. The minimum atomic E-state index is -0.724. The molecular weight excluding hydrogens is 765 g/mol. The Morgan fingerprint density at radius 2 is 1.25 bits per heavy atom. The molecule has 17 nitrogen and oxygen atoms in total. The average molecular weight is 815 g/mol. The van der Waals surface area contributed by atoms with Gasteiger partial charge in [-0.25, -0.2) is 39.7 Å². The summed E-state index contributed by atoms with van der Waals surface area (Å²) in [6.07, 6.45) is 5.97. The fraction of sp³-hybridized carbons (Fsp3) is 0.442. The van der Waals surface area contributed by atoms with Gasteiger partial charge in [-0.2, -0.15) is 0 Å². The van der Waals surface area contributed by atoms with Gasteiger partial charge in [-0.05, 0) is 60.4 Å². The van der Waals surface area contributed by atoms with Gasteiger partial charge >= 0.3 is 6.09 Å². The van der Waals surface area contributed by atoms with Crippen LogP contribution in [-0.4, -0.2) is 113 Å². The van der Waals surface area contributed by atoms with E-state index in [0.29, 0.717) is 64.6 Å². The van der Waals surface area contributed by atoms with Gasteiger partial charge in [-0.15, -0.1) is 0 Å². The number of aromatic nitrogens is 8. The van der Waals surface area contributed by atoms with Gasteiger partial charge in [0, 0.05) is 31.1 Å². The summed E-state index contributed by atoms with van der Waals surface area (Å²) < 4.78 is 10.0. The van der Waals surface area contributed by atoms with Crippen molar-refractivity contribution in [1.82, 2.24) is 55.0 Å². The van der Waals surface area contributed by atoms with Crippen LogP contribution >= 0.6 is 0 Å². The zero-order valence-electron chi connectivity index (χ0n) is 34.9. The predicted molar refractivity (Wildman–Crippen MR) is 226 cm³/mol. The lowest BCUT2D eigenvalue weighted by atomic mass is 10.0. The number of aromatic amines is 2. The minimum absolute atomic E-state index is 0.00564. The van der Waals surface area contributed by atoms with Crippen molar-refractivity contribution >= 4 is 57.2 Å². The van der Waals surface area contributed by atoms with E-state index < -0.39 is 18.2 Å². The lowest BCUT2D eigenvalue weighted by Crippen LogP contribution is -2.51. The smallest absolute Gasteiger partial charge is 0.407 e. The Morgan fingerprint density at radius 1 is 0.733 bits per heavy atom. The normalized spacial score (nSPS) is 18.2. The van der Waals surface area contributed by atoms with Crippen molar-refractivity contribution in [2.45, 2.75) is 84.5 Å². The van der Waals surface area contributed by atoms with Crippen LogP contribution in [0.2, 0.25) is 0 Å². The first-order valence-electron chi connectivity index (χ1n) is 20.5. The van der Waals surface area contributed by atoms with Gasteiger partial charge in [-0.3, -0.25) is 9.59 Å². The summed E-state index contributed by atoms with van der Waals surface area (Å²) in [6, 6.07) is 10.5. The molecule has 2 saturated heterocycles. The Labute approximate surface area is 346 Å². The number of carbonyl (C=O) groups excluding carboxylic acids is 3. The molecule has 0 radical (unpaired) electrons. The number of aliphatic imine (C=N–C) groups is 1. The number of methoxy groups -OCH3 is 2. The third-order valence-corrected chi connectivity index (χ3v) is 11.5. The van der Waals surface area contributed by atoms with Crippen molar-refractivity contribution in [2.75, 3.05) is 27.3 Å². The van der Waals surface area contributed by atoms with E-state index in [-0.39, 0.29) is 35.7 Å². The Morgan fingerprint density at radius 3 is 1.72 bits per heavy atom. The van der Waals surface area contributed by atoms with Crippen LogP contribution in [0.3, 0.4) is 0 Å². The van der Waals surface area contributed by atoms with E-state index in [1.165, 1.54) is 7.11 Å². The molecule has 2 aromatic carbocycles. The van der Waals surface area contributed by atoms with Crippen LogP contribution in [-0.2, 0) is 19.1 Å². The standard InChI is InChI=1S/C43H50N12O5/c1-22(2)33(46-24(5)59-6)41(56)54-16-8-10-31(54)35-50-37-39(52-35)47-29(20-44-37)27-14-12-26-19-28(15-13-25(26)18-27)30-21-45-38-40(48-30)53-36(51-38)32-11-9-17-55(32)42(57)34(23(3)4)49-43(58)60-7/h12-15,18-23,31-34H,8-11,16-17H2,1-7H3,(H,49,58)(H,44,47,50,52)(H,45,48,51,53). The van der Waals surface area contributed by atoms with Crippen molar-refractivity contribution in [1.29, 1.82) is 0 Å². The number of hydrogen-bond acceptors (Lipinski definition) is 12. The molecule has 4 unspecified atom stereocenters. The Balaban J connectivity index is 0.997. The van der Waals surface area contributed by atoms with Crippen LogP contribution in [0.25, 0.3) is 55.9 Å². The number of nitrogens with zero attached hydrogens (tertiary/aromatic N) is 9. The number of benzene rings is 2. The first kappa shape index (κ1) is 40.3. The first-order chi connectivity index (χ1) is 28.9. The molecule has 4 aromatic heterocycles. The molecule has 0 aliphatic carbocycles. The highest BCUT2D eigenvalue weighted by Gasteiger charge is 2.39. The molecule has 2 aliphatic heterocycles. The number of likely N-dealkylation sites (tertiary alicyclic amines) is 2. The molecule has 3 amide bonds. The summed E-state index contributed by atoms with van der Waals surface area (Å²) in [5.41, 5.74) is 5.21. The molecule has 17 heteroatoms. The predicted octanol–water partition coefficient (Wildman–Crippen LogP) is 6.30. The van der Waals surface area contributed by atoms with Crippen LogP contribution in [0.1, 0.15) is 84.0 Å². The fourth-order valence-electron chi connectivity index (χ4n) is 8.20. The van der Waals surface area contributed by atoms with Gasteiger partial charge in [0.2, 0.25) is 11.8 Å². The van der Waals surface area contributed by atoms with Crippen molar-refractivity contribution in [3.8, 4) is 22.5 Å². The highest BCUT2D eigenvalue weighted by atomic mass is 16.5. The van der Waals surface area contributed by atoms with Crippen LogP contribution in [0.5, 0.6) is 0 Å². The molecule has 6 heterocycles. The number of fused-ring (bicyclic) bond motifs is 3. The first-order valence-corrected chi connectivity index (χ1v) is 20.5. The summed E-state index contributed by atoms with van der Waals surface area (Å²) in [5.74, 6) is 1.41. The molecule has 6 aromatic rings. The second-order valence-corrected chi connectivity index (χ2v) is 16.2. The van der Waals surface area contributed by atoms with Gasteiger partial charge < -0.3 is 34.6 Å². The third-order valence-electron chi connectivity index (χ3n) is 11.5. The number of imidazole rings is 2. The maximum Gasteiger partial charge on any atom is 0.407 e. The van der Waals surface area contributed by atoms with Gasteiger partial charge in [-0.1, -0.05) is 52.0 Å². The van der Waals surface area contributed by atoms with E-state index >= 15 is 0 Å². The number of hydrogen-bond donors (Lipinski definition) is 3. The van der Waals surface area contributed by atoms with Crippen LogP contribution < -0.4 is 5.32 Å². The molecule has 2 fully saturated rings. The second kappa shape index (κ2) is 16.6. The largest absolute Gasteiger partial charge is 0.484 e. The molecule has 312 valence electrons. The van der Waals surface area contributed by atoms with E-state index in [0.717, 1.165) is 47.6 Å². The van der Waals surface area contributed by atoms with Gasteiger partial charge in [0.25, 0.3) is 0 Å². The average Bonchev–Trinajstić information content (AvgIpc) is 4.08. The Hall–Kier alpha value is -6.52. The third kappa shape index (κ3) is 7.82. The van der Waals surface area contributed by atoms with Crippen LogP contribution in [0.15, 0.2) is 53.8 Å². The number of nitrogens with one attached hydrogen (secondary N) is 3. The van der Waals surface area contributed by atoms with E-state index in [1.807, 2.05) is 56.9 Å². The molecule has 0 saturated carbocycles. The number of carbonyl (C=O) groups is 3. The van der Waals surface area contributed by atoms with Gasteiger partial charge in [0.15, 0.2) is 28.5 Å². The number of amides is 3. The number of rotatable bonds is 10. The van der Waals surface area contributed by atoms with Crippen molar-refractivity contribution in [3.05, 3.63) is 60.4 Å². The summed E-state index contributed by atoms with van der Waals surface area (Å²) >= 11 is 0. The van der Waals surface area contributed by atoms with Gasteiger partial charge in [0.1, 0.15) is 23.7 Å². The summed E-state index contributed by atoms with van der Waals surface area (Å²) in [7, 11) is 2.84. The van der Waals surface area contributed by atoms with Crippen molar-refractivity contribution in [2.24, 2.45) is 16.8 Å². The second-order valence-electron chi connectivity index (χ2n) is 16.2. The molecule has 60 heavy (non-hydrogen) atoms. The summed E-state index contributed by atoms with van der Waals surface area (Å²) in [5, 5.41) is 4.71. The maximum absolute atomic E-state index is 13.7. The zero-order valence-corrected chi connectivity index (χ0v) is 34.9. The van der Waals surface area contributed by atoms with E-state index in [2.05, 4.69) is 42.4 Å². The van der Waals surface area contributed by atoms with Crippen LogP contribution in [0.4, 0.5) is 4.79 Å². The monoisotopic (exact) mass is 814 g/mol. The minimum Gasteiger partial charge on any atom is -0.484 e. The van der Waals surface area contributed by atoms with E-state index in [1.54, 1.807) is 31.3 Å². The molecule has 0 spiro atoms. The topological polar surface area (TPSA) is 209 Å². The molecule has 8 rings (SSSR count). The lowest BCUT2D eigenvalue weighted by Gasteiger charge is -2.29. The Bertz CT molecular complexity index is 2620. The number of alkyl carbamates (subject to hydrolysis) is 1. The SMILES string of the molecule is COC(=O)NC(C(=O)N1CCCC1c1nc2ncc(-c3ccc4cc(-c5cnc6nc(C7CCCN7C(=O)C(N=C(C)OC)C(C)C)[nH]c6n5)ccc4c3)nc2[nH]1)C(C)C. The summed E-state index contributed by atoms with van der Waals surface area (Å²) in [4.78, 5) is 82.8. The lowest BCUT2D eigenvalue weighted by molar-refractivity contribution is -0.136. The zero-order chi connectivity index (χ0) is 42.2. The molecular formula is C43H50N12O5. The molecule has 2 aliphatic rings. The van der Waals surface area contributed by atoms with Crippen molar-refractivity contribution < 1.29 is 23.9 Å². The molecule has 0 bridgehead atoms. The highest BCUT2D eigenvalue weighted by molar-refractivity contribution is 5.91.